The summed E-state index contributed by atoms with van der Waals surface area (Å²) in [6, 6.07) is 6.43. The third-order valence-electron chi connectivity index (χ3n) is 4.83. The van der Waals surface area contributed by atoms with Crippen molar-refractivity contribution in [2.24, 2.45) is 7.05 Å². The number of hydrogen-bond donors (Lipinski definition) is 1. The maximum Gasteiger partial charge on any atom is 0.501 e. The maximum absolute atomic E-state index is 13.4. The summed E-state index contributed by atoms with van der Waals surface area (Å²) in [5, 5.41) is 24.0. The van der Waals surface area contributed by atoms with Crippen molar-refractivity contribution in [3.05, 3.63) is 73.7 Å². The first kappa shape index (κ1) is 19.8. The minimum atomic E-state index is -6.04. The van der Waals surface area contributed by atoms with E-state index in [0.29, 0.717) is 17.0 Å². The molecule has 10 nitrogen and oxygen atoms in total. The van der Waals surface area contributed by atoms with E-state index in [1.54, 1.807) is 25.2 Å². The van der Waals surface area contributed by atoms with Crippen molar-refractivity contribution in [1.82, 2.24) is 10.0 Å². The van der Waals surface area contributed by atoms with E-state index in [0.717, 1.165) is 0 Å². The lowest BCUT2D eigenvalue weighted by Crippen LogP contribution is -2.35. The number of halogens is 3. The molecule has 2 aromatic rings. The van der Waals surface area contributed by atoms with Gasteiger partial charge in [-0.25, -0.2) is 13.9 Å². The molecule has 0 amide bonds. The standard InChI is InChI=1S/C16H11F3N4O6S/c1-21-7-9(8-4-2-3-5-10(8)21)13-12(30(27,28)16(17,18)19)6-11(22(24)25)14-15(13)23(26)29-20-14/h2-7,13,20H,1H3. The van der Waals surface area contributed by atoms with Crippen LogP contribution in [0.25, 0.3) is 10.9 Å². The highest BCUT2D eigenvalue weighted by atomic mass is 32.2. The van der Waals surface area contributed by atoms with E-state index >= 15 is 0 Å². The van der Waals surface area contributed by atoms with Crippen LogP contribution in [0.1, 0.15) is 11.5 Å². The fraction of sp³-hybridized carbons (Fsp3) is 0.188. The molecule has 1 atom stereocenters. The predicted molar refractivity (Wildman–Crippen MR) is 95.6 cm³/mol. The number of hydrogen-bond acceptors (Lipinski definition) is 7. The van der Waals surface area contributed by atoms with Gasteiger partial charge in [-0.1, -0.05) is 18.2 Å². The molecule has 0 saturated heterocycles. The average molecular weight is 444 g/mol. The van der Waals surface area contributed by atoms with Gasteiger partial charge in [-0.2, -0.15) is 13.2 Å². The maximum atomic E-state index is 13.4. The van der Waals surface area contributed by atoms with Crippen LogP contribution in [0, 0.1) is 15.3 Å². The molecule has 4 rings (SSSR count). The van der Waals surface area contributed by atoms with Crippen molar-refractivity contribution in [3.63, 3.8) is 0 Å². The number of nitrogens with zero attached hydrogens (tertiary/aromatic N) is 3. The van der Waals surface area contributed by atoms with Crippen LogP contribution >= 0.6 is 0 Å². The number of allylic oxidation sites excluding steroid dienone is 3. The van der Waals surface area contributed by atoms with E-state index in [9.17, 15) is 36.9 Å². The Kier molecular flexibility index (Phi) is 4.10. The fourth-order valence-corrected chi connectivity index (χ4v) is 4.64. The number of hydroxylamine groups is 1. The van der Waals surface area contributed by atoms with Gasteiger partial charge in [0.1, 0.15) is 5.92 Å². The summed E-state index contributed by atoms with van der Waals surface area (Å²) >= 11 is 0. The third kappa shape index (κ3) is 2.63. The van der Waals surface area contributed by atoms with Gasteiger partial charge >= 0.3 is 11.2 Å². The minimum Gasteiger partial charge on any atom is -0.350 e. The lowest BCUT2D eigenvalue weighted by atomic mass is 9.87. The number of alkyl halides is 3. The molecule has 1 unspecified atom stereocenters. The molecule has 14 heteroatoms. The van der Waals surface area contributed by atoms with Crippen LogP contribution < -0.4 is 5.48 Å². The van der Waals surface area contributed by atoms with E-state index in [4.69, 9.17) is 0 Å². The zero-order valence-electron chi connectivity index (χ0n) is 14.9. The molecule has 1 N–H and O–H groups in total. The Hall–Kier alpha value is -3.55. The van der Waals surface area contributed by atoms with Crippen LogP contribution in [0.4, 0.5) is 13.2 Å². The molecule has 1 aromatic carbocycles. The number of rotatable bonds is 3. The molecular formula is C16H11F3N4O6S. The highest BCUT2D eigenvalue weighted by Gasteiger charge is 2.57. The zero-order chi connectivity index (χ0) is 22.0. The number of fused-ring (bicyclic) bond motifs is 2. The Morgan fingerprint density at radius 3 is 2.60 bits per heavy atom. The second kappa shape index (κ2) is 6.22. The Labute approximate surface area is 165 Å². The van der Waals surface area contributed by atoms with Gasteiger partial charge in [0.05, 0.1) is 14.7 Å². The van der Waals surface area contributed by atoms with Crippen molar-refractivity contribution in [3.8, 4) is 0 Å². The second-order valence-corrected chi connectivity index (χ2v) is 8.44. The molecule has 0 saturated carbocycles. The Morgan fingerprint density at radius 2 is 1.97 bits per heavy atom. The van der Waals surface area contributed by atoms with Gasteiger partial charge in [-0.15, -0.1) is 0 Å². The SMILES string of the molecule is Cn1cc(C2C(S(=O)(=O)C(F)(F)F)=CC([N+](=O)[O-])=C3NO[N+]([O-])=C32)c2ccccc21. The van der Waals surface area contributed by atoms with Crippen LogP contribution in [0.3, 0.4) is 0 Å². The number of aromatic nitrogens is 1. The van der Waals surface area contributed by atoms with Crippen LogP contribution in [0.15, 0.2) is 52.8 Å². The number of benzene rings is 1. The van der Waals surface area contributed by atoms with Crippen molar-refractivity contribution in [2.45, 2.75) is 11.4 Å². The van der Waals surface area contributed by atoms with Crippen LogP contribution in [-0.2, 0) is 21.8 Å². The molecule has 2 aliphatic rings. The lowest BCUT2D eigenvalue weighted by Gasteiger charge is -2.21. The third-order valence-corrected chi connectivity index (χ3v) is 6.41. The van der Waals surface area contributed by atoms with Gasteiger partial charge in [0.15, 0.2) is 0 Å². The number of para-hydroxylation sites is 1. The molecule has 1 aliphatic heterocycles. The average Bonchev–Trinajstić information content (AvgIpc) is 3.21. The summed E-state index contributed by atoms with van der Waals surface area (Å²) in [6.07, 6.45) is 1.67. The summed E-state index contributed by atoms with van der Waals surface area (Å²) in [4.78, 5) is 13.2. The largest absolute Gasteiger partial charge is 0.501 e. The molecule has 158 valence electrons. The first-order valence-electron chi connectivity index (χ1n) is 8.18. The molecule has 1 aromatic heterocycles. The first-order valence-corrected chi connectivity index (χ1v) is 9.66. The van der Waals surface area contributed by atoms with E-state index in [2.05, 4.69) is 4.94 Å². The van der Waals surface area contributed by atoms with Crippen LogP contribution in [0.5, 0.6) is 0 Å². The van der Waals surface area contributed by atoms with Gasteiger partial charge in [0, 0.05) is 30.2 Å². The van der Waals surface area contributed by atoms with Crippen molar-refractivity contribution >= 4 is 26.5 Å². The van der Waals surface area contributed by atoms with Gasteiger partial charge in [0.2, 0.25) is 5.70 Å². The predicted octanol–water partition coefficient (Wildman–Crippen LogP) is 1.98. The number of aryl methyl sites for hydroxylation is 1. The quantitative estimate of drug-likeness (QED) is 0.435. The summed E-state index contributed by atoms with van der Waals surface area (Å²) in [6.45, 7) is 0. The Balaban J connectivity index is 2.10. The Bertz CT molecular complexity index is 1310. The molecule has 0 radical (unpaired) electrons. The summed E-state index contributed by atoms with van der Waals surface area (Å²) in [7, 11) is -4.46. The number of sulfone groups is 1. The zero-order valence-corrected chi connectivity index (χ0v) is 15.7. The number of nitro groups is 1. The summed E-state index contributed by atoms with van der Waals surface area (Å²) in [5.74, 6) is -1.80. The molecule has 1 aliphatic carbocycles. The molecule has 0 bridgehead atoms. The molecule has 0 spiro atoms. The van der Waals surface area contributed by atoms with Crippen molar-refractivity contribution < 1.29 is 36.4 Å². The van der Waals surface area contributed by atoms with Crippen LogP contribution in [-0.4, -0.2) is 34.0 Å². The van der Waals surface area contributed by atoms with Crippen molar-refractivity contribution in [2.75, 3.05) is 0 Å². The topological polar surface area (TPSA) is 130 Å². The Morgan fingerprint density at radius 1 is 1.30 bits per heavy atom. The highest BCUT2D eigenvalue weighted by molar-refractivity contribution is 7.96. The molecule has 30 heavy (non-hydrogen) atoms. The van der Waals surface area contributed by atoms with E-state index in [1.807, 2.05) is 5.48 Å². The second-order valence-electron chi connectivity index (χ2n) is 6.49. The van der Waals surface area contributed by atoms with E-state index in [-0.39, 0.29) is 10.5 Å². The highest BCUT2D eigenvalue weighted by Crippen LogP contribution is 2.45. The van der Waals surface area contributed by atoms with Gasteiger partial charge < -0.3 is 4.57 Å². The lowest BCUT2D eigenvalue weighted by molar-refractivity contribution is -0.748. The first-order chi connectivity index (χ1) is 13.9. The minimum absolute atomic E-state index is 0.0372. The van der Waals surface area contributed by atoms with Gasteiger partial charge in [-0.05, 0) is 11.6 Å². The summed E-state index contributed by atoms with van der Waals surface area (Å²) in [5.41, 5.74) is -5.39. The number of nitrogens with one attached hydrogen (secondary N) is 1. The van der Waals surface area contributed by atoms with E-state index in [1.165, 1.54) is 16.8 Å². The molecular weight excluding hydrogens is 433 g/mol. The molecule has 0 fully saturated rings. The smallest absolute Gasteiger partial charge is 0.350 e. The molecule has 2 heterocycles. The van der Waals surface area contributed by atoms with Crippen molar-refractivity contribution in [1.29, 1.82) is 0 Å². The summed E-state index contributed by atoms with van der Waals surface area (Å²) < 4.78 is 66.5. The fourth-order valence-electron chi connectivity index (χ4n) is 3.55. The van der Waals surface area contributed by atoms with Gasteiger partial charge in [0.25, 0.3) is 15.5 Å². The van der Waals surface area contributed by atoms with Crippen LogP contribution in [0.2, 0.25) is 0 Å². The van der Waals surface area contributed by atoms with E-state index < -0.39 is 48.2 Å². The normalized spacial score (nSPS) is 19.5. The monoisotopic (exact) mass is 444 g/mol. The van der Waals surface area contributed by atoms with Gasteiger partial charge in [-0.3, -0.25) is 20.3 Å².